The van der Waals surface area contributed by atoms with Crippen LogP contribution in [-0.2, 0) is 9.47 Å². The predicted octanol–water partition coefficient (Wildman–Crippen LogP) is 3.20. The molecule has 5 rings (SSSR count). The van der Waals surface area contributed by atoms with Crippen molar-refractivity contribution in [3.63, 3.8) is 0 Å². The summed E-state index contributed by atoms with van der Waals surface area (Å²) >= 11 is 0. The average Bonchev–Trinajstić information content (AvgIpc) is 3.21. The van der Waals surface area contributed by atoms with Crippen LogP contribution in [0.25, 0.3) is 17.0 Å². The highest BCUT2D eigenvalue weighted by molar-refractivity contribution is 5.78. The zero-order valence-corrected chi connectivity index (χ0v) is 18.1. The molecule has 10 heteroatoms. The number of nitrogens with zero attached hydrogens (tertiary/aromatic N) is 6. The van der Waals surface area contributed by atoms with E-state index in [0.29, 0.717) is 62.1 Å². The topological polar surface area (TPSA) is 68.5 Å². The van der Waals surface area contributed by atoms with Gasteiger partial charge in [-0.1, -0.05) is 12.1 Å². The van der Waals surface area contributed by atoms with E-state index < -0.39 is 6.43 Å². The number of halogens is 2. The molecule has 2 aliphatic rings. The molecule has 0 saturated carbocycles. The summed E-state index contributed by atoms with van der Waals surface area (Å²) in [5.74, 6) is 1.22. The quantitative estimate of drug-likeness (QED) is 0.612. The molecule has 2 fully saturated rings. The van der Waals surface area contributed by atoms with Crippen LogP contribution in [0.3, 0.4) is 0 Å². The van der Waals surface area contributed by atoms with Crippen LogP contribution in [0.1, 0.15) is 26.1 Å². The van der Waals surface area contributed by atoms with Crippen LogP contribution in [0.15, 0.2) is 30.3 Å². The van der Waals surface area contributed by atoms with Crippen molar-refractivity contribution in [3.05, 3.63) is 36.2 Å². The Labute approximate surface area is 184 Å². The van der Waals surface area contributed by atoms with Gasteiger partial charge in [0.1, 0.15) is 11.6 Å². The Bertz CT molecular complexity index is 1100. The molecule has 1 aromatic carbocycles. The number of imidazole rings is 1. The highest BCUT2D eigenvalue weighted by Crippen LogP contribution is 2.30. The van der Waals surface area contributed by atoms with Crippen molar-refractivity contribution in [2.24, 2.45) is 0 Å². The van der Waals surface area contributed by atoms with Crippen molar-refractivity contribution < 1.29 is 18.3 Å². The summed E-state index contributed by atoms with van der Waals surface area (Å²) in [5, 5.41) is 0. The summed E-state index contributed by atoms with van der Waals surface area (Å²) in [4.78, 5) is 17.9. The molecule has 3 aromatic rings. The van der Waals surface area contributed by atoms with E-state index in [9.17, 15) is 8.78 Å². The molecular formula is C22H26F2N6O2. The normalized spacial score (nSPS) is 22.2. The van der Waals surface area contributed by atoms with Gasteiger partial charge in [-0.25, -0.2) is 13.8 Å². The number of rotatable bonds is 4. The van der Waals surface area contributed by atoms with E-state index in [0.717, 1.165) is 0 Å². The zero-order valence-electron chi connectivity index (χ0n) is 18.1. The summed E-state index contributed by atoms with van der Waals surface area (Å²) in [5.41, 5.74) is 1.04. The smallest absolute Gasteiger partial charge is 0.296 e. The third-order valence-corrected chi connectivity index (χ3v) is 6.18. The lowest BCUT2D eigenvalue weighted by molar-refractivity contribution is 0.0281. The van der Waals surface area contributed by atoms with E-state index in [2.05, 4.69) is 21.7 Å². The van der Waals surface area contributed by atoms with Crippen LogP contribution in [-0.4, -0.2) is 71.1 Å². The first kappa shape index (κ1) is 21.0. The molecule has 2 atom stereocenters. The lowest BCUT2D eigenvalue weighted by Crippen LogP contribution is -2.49. The molecule has 0 N–H and O–H groups in total. The minimum absolute atomic E-state index is 0.0275. The number of aromatic nitrogens is 4. The van der Waals surface area contributed by atoms with Crippen molar-refractivity contribution in [2.45, 2.75) is 32.4 Å². The first-order valence-corrected chi connectivity index (χ1v) is 10.9. The fraction of sp³-hybridized carbons (Fsp3) is 0.500. The van der Waals surface area contributed by atoms with Crippen LogP contribution in [0, 0.1) is 0 Å². The molecule has 8 nitrogen and oxygen atoms in total. The van der Waals surface area contributed by atoms with Gasteiger partial charge in [-0.15, -0.1) is 0 Å². The Balaban J connectivity index is 1.68. The van der Waals surface area contributed by atoms with Crippen LogP contribution < -0.4 is 9.80 Å². The molecule has 0 unspecified atom stereocenters. The Morgan fingerprint density at radius 3 is 2.50 bits per heavy atom. The standard InChI is InChI=1S/C22H26F2N6O2/c1-14-15(2)32-12-9-29(14)19-13-18(28-7-10-31-11-8-28)26-22(27-19)30-17-6-4-3-5-16(17)25-21(30)20(23)24/h3-6,13-15,20H,7-12H2,1-2H3/t14-,15-/m0/s1. The van der Waals surface area contributed by atoms with Gasteiger partial charge in [0.15, 0.2) is 5.82 Å². The Hall–Kier alpha value is -2.85. The van der Waals surface area contributed by atoms with Gasteiger partial charge < -0.3 is 19.3 Å². The number of morpholine rings is 2. The predicted molar refractivity (Wildman–Crippen MR) is 117 cm³/mol. The summed E-state index contributed by atoms with van der Waals surface area (Å²) in [6.45, 7) is 7.89. The number of benzene rings is 1. The number of hydrogen-bond donors (Lipinski definition) is 0. The molecule has 170 valence electrons. The SMILES string of the molecule is C[C@@H]1OCCN(c2cc(N3CCOCC3)nc(-n3c(C(F)F)nc4ccccc43)n2)[C@H]1C. The minimum atomic E-state index is -2.76. The number of hydrogen-bond acceptors (Lipinski definition) is 7. The van der Waals surface area contributed by atoms with Gasteiger partial charge in [0, 0.05) is 25.7 Å². The molecule has 32 heavy (non-hydrogen) atoms. The van der Waals surface area contributed by atoms with Gasteiger partial charge >= 0.3 is 0 Å². The van der Waals surface area contributed by atoms with Gasteiger partial charge in [0.05, 0.1) is 43.0 Å². The second-order valence-electron chi connectivity index (χ2n) is 8.09. The van der Waals surface area contributed by atoms with E-state index in [1.807, 2.05) is 13.0 Å². The van der Waals surface area contributed by atoms with Gasteiger partial charge in [-0.3, -0.25) is 4.57 Å². The monoisotopic (exact) mass is 444 g/mol. The lowest BCUT2D eigenvalue weighted by Gasteiger charge is -2.39. The maximum Gasteiger partial charge on any atom is 0.296 e. The van der Waals surface area contributed by atoms with Crippen LogP contribution >= 0.6 is 0 Å². The molecule has 0 spiro atoms. The Kier molecular flexibility index (Phi) is 5.64. The fourth-order valence-corrected chi connectivity index (χ4v) is 4.27. The molecule has 0 aliphatic carbocycles. The fourth-order valence-electron chi connectivity index (χ4n) is 4.27. The van der Waals surface area contributed by atoms with Gasteiger partial charge in [0.2, 0.25) is 5.95 Å². The third kappa shape index (κ3) is 3.77. The summed E-state index contributed by atoms with van der Waals surface area (Å²) in [6.07, 6.45) is -2.73. The van der Waals surface area contributed by atoms with Gasteiger partial charge in [-0.05, 0) is 26.0 Å². The maximum atomic E-state index is 14.0. The highest BCUT2D eigenvalue weighted by Gasteiger charge is 2.29. The van der Waals surface area contributed by atoms with E-state index in [4.69, 9.17) is 19.4 Å². The van der Waals surface area contributed by atoms with Crippen LogP contribution in [0.2, 0.25) is 0 Å². The summed E-state index contributed by atoms with van der Waals surface area (Å²) in [7, 11) is 0. The number of para-hydroxylation sites is 2. The molecule has 2 aromatic heterocycles. The number of ether oxygens (including phenoxy) is 2. The number of anilines is 2. The van der Waals surface area contributed by atoms with Crippen molar-refractivity contribution in [3.8, 4) is 5.95 Å². The Morgan fingerprint density at radius 2 is 1.72 bits per heavy atom. The second-order valence-corrected chi connectivity index (χ2v) is 8.09. The molecule has 0 radical (unpaired) electrons. The van der Waals surface area contributed by atoms with Crippen molar-refractivity contribution in [2.75, 3.05) is 49.3 Å². The second kappa shape index (κ2) is 8.59. The van der Waals surface area contributed by atoms with Crippen LogP contribution in [0.4, 0.5) is 20.4 Å². The van der Waals surface area contributed by atoms with Crippen molar-refractivity contribution in [1.82, 2.24) is 19.5 Å². The van der Waals surface area contributed by atoms with E-state index in [1.54, 1.807) is 24.3 Å². The largest absolute Gasteiger partial charge is 0.378 e. The summed E-state index contributed by atoms with van der Waals surface area (Å²) < 4.78 is 40.6. The van der Waals surface area contributed by atoms with Crippen molar-refractivity contribution >= 4 is 22.7 Å². The molecule has 4 heterocycles. The molecule has 0 bridgehead atoms. The first-order chi connectivity index (χ1) is 15.5. The van der Waals surface area contributed by atoms with E-state index in [1.165, 1.54) is 4.57 Å². The van der Waals surface area contributed by atoms with E-state index in [-0.39, 0.29) is 23.9 Å². The average molecular weight is 444 g/mol. The van der Waals surface area contributed by atoms with Gasteiger partial charge in [0.25, 0.3) is 6.43 Å². The maximum absolute atomic E-state index is 14.0. The van der Waals surface area contributed by atoms with Crippen molar-refractivity contribution in [1.29, 1.82) is 0 Å². The first-order valence-electron chi connectivity index (χ1n) is 10.9. The Morgan fingerprint density at radius 1 is 0.969 bits per heavy atom. The molecular weight excluding hydrogens is 418 g/mol. The zero-order chi connectivity index (χ0) is 22.2. The third-order valence-electron chi connectivity index (χ3n) is 6.18. The lowest BCUT2D eigenvalue weighted by atomic mass is 10.1. The molecule has 0 amide bonds. The van der Waals surface area contributed by atoms with Gasteiger partial charge in [-0.2, -0.15) is 9.97 Å². The number of alkyl halides is 2. The number of fused-ring (bicyclic) bond motifs is 1. The molecule has 2 saturated heterocycles. The highest BCUT2D eigenvalue weighted by atomic mass is 19.3. The van der Waals surface area contributed by atoms with E-state index >= 15 is 0 Å². The summed E-state index contributed by atoms with van der Waals surface area (Å²) in [6, 6.07) is 9.08. The van der Waals surface area contributed by atoms with Crippen LogP contribution in [0.5, 0.6) is 0 Å². The molecule has 2 aliphatic heterocycles. The minimum Gasteiger partial charge on any atom is -0.378 e.